The van der Waals surface area contributed by atoms with Crippen LogP contribution in [0.4, 0.5) is 5.69 Å². The van der Waals surface area contributed by atoms with Crippen molar-refractivity contribution < 1.29 is 25.8 Å². The van der Waals surface area contributed by atoms with Crippen LogP contribution in [0.5, 0.6) is 0 Å². The van der Waals surface area contributed by atoms with E-state index < -0.39 is 7.92 Å². The second-order valence-electron chi connectivity index (χ2n) is 12.3. The van der Waals surface area contributed by atoms with Crippen molar-refractivity contribution >= 4 is 35.0 Å². The van der Waals surface area contributed by atoms with Crippen LogP contribution in [0, 0.1) is 20.8 Å². The molecule has 2 nitrogen and oxygen atoms in total. The van der Waals surface area contributed by atoms with Crippen molar-refractivity contribution in [2.24, 2.45) is 0 Å². The molecule has 4 heteroatoms. The Hall–Kier alpha value is -5.31. The fraction of sp³-hybridized carbons (Fsp3) is 0.0392. The van der Waals surface area contributed by atoms with Gasteiger partial charge in [-0.05, 0) is 21.4 Å². The van der Waals surface area contributed by atoms with Crippen molar-refractivity contribution in [3.8, 4) is 0 Å². The van der Waals surface area contributed by atoms with Gasteiger partial charge in [0.05, 0.1) is 0 Å². The molecule has 0 heterocycles. The molecule has 1 atom stereocenters. The van der Waals surface area contributed by atoms with E-state index in [0.29, 0.717) is 6.54 Å². The van der Waals surface area contributed by atoms with Crippen LogP contribution in [0.3, 0.4) is 0 Å². The standard InChI is InChI=1S/C30H25N2P.3C7H7.Hf/c1-4-13-24(14-5-1)23-31-30(32-29-22-12-16-25-15-10-11-21-28(25)29)33(26-17-6-2-7-18-26)27-19-8-3-9-20-27;3*1-7-5-3-2-4-6-7;/h1-22,30H,23H2;3*2-6H,1H2;/q-2;3*-1;. The van der Waals surface area contributed by atoms with Crippen molar-refractivity contribution in [1.82, 2.24) is 0 Å². The van der Waals surface area contributed by atoms with Gasteiger partial charge in [0.1, 0.15) is 0 Å². The Morgan fingerprint density at radius 2 is 0.764 bits per heavy atom. The maximum atomic E-state index is 5.32. The SMILES string of the molecule is [CH2-]c1ccccc1.[CH2-]c1ccccc1.[CH2-]c1ccccc1.[Hf].c1ccc(C[N-]C([N-]c2cccc3ccccc23)P(c2ccccc2)c2ccccc2)cc1. The Morgan fingerprint density at radius 1 is 0.400 bits per heavy atom. The van der Waals surface area contributed by atoms with Crippen LogP contribution in [0.1, 0.15) is 22.3 Å². The summed E-state index contributed by atoms with van der Waals surface area (Å²) < 4.78 is 0. The molecule has 0 spiro atoms. The first-order chi connectivity index (χ1) is 26.6. The first-order valence-corrected chi connectivity index (χ1v) is 19.4. The Kier molecular flexibility index (Phi) is 18.6. The molecule has 8 aromatic rings. The quantitative estimate of drug-likeness (QED) is 0.0826. The fourth-order valence-electron chi connectivity index (χ4n) is 5.42. The second-order valence-corrected chi connectivity index (χ2v) is 14.5. The second kappa shape index (κ2) is 24.2. The largest absolute Gasteiger partial charge is 0.695 e. The Bertz CT molecular complexity index is 2030. The minimum Gasteiger partial charge on any atom is -0.695 e. The average molecular weight is 896 g/mol. The van der Waals surface area contributed by atoms with Gasteiger partial charge in [-0.2, -0.15) is 79.8 Å². The average Bonchev–Trinajstić information content (AvgIpc) is 3.23. The third-order valence-electron chi connectivity index (χ3n) is 8.13. The third kappa shape index (κ3) is 14.8. The number of hydrogen-bond acceptors (Lipinski definition) is 0. The Balaban J connectivity index is 0.000000246. The molecule has 0 amide bonds. The van der Waals surface area contributed by atoms with E-state index in [1.165, 1.54) is 21.6 Å². The molecule has 0 aromatic heterocycles. The Labute approximate surface area is 349 Å². The molecule has 0 radical (unpaired) electrons. The molecule has 55 heavy (non-hydrogen) atoms. The van der Waals surface area contributed by atoms with Crippen molar-refractivity contribution in [3.05, 3.63) is 278 Å². The molecule has 0 N–H and O–H groups in total. The minimum atomic E-state index is -0.823. The van der Waals surface area contributed by atoms with Crippen LogP contribution in [0.15, 0.2) is 224 Å². The van der Waals surface area contributed by atoms with Crippen molar-refractivity contribution in [3.63, 3.8) is 0 Å². The smallest absolute Gasteiger partial charge is 0 e. The van der Waals surface area contributed by atoms with Crippen LogP contribution in [0.2, 0.25) is 0 Å². The number of nitrogens with zero attached hydrogens (tertiary/aromatic N) is 2. The summed E-state index contributed by atoms with van der Waals surface area (Å²) in [7, 11) is -0.823. The topological polar surface area (TPSA) is 28.2 Å². The zero-order valence-electron chi connectivity index (χ0n) is 31.1. The zero-order valence-corrected chi connectivity index (χ0v) is 35.6. The molecule has 0 saturated carbocycles. The molecule has 0 bridgehead atoms. The molecule has 0 aliphatic rings. The van der Waals surface area contributed by atoms with E-state index in [-0.39, 0.29) is 31.8 Å². The maximum absolute atomic E-state index is 5.32. The number of hydrogen-bond donors (Lipinski definition) is 0. The summed E-state index contributed by atoms with van der Waals surface area (Å²) in [5.74, 6) is -0.198. The summed E-state index contributed by atoms with van der Waals surface area (Å²) in [5, 5.41) is 15.5. The van der Waals surface area contributed by atoms with Gasteiger partial charge in [-0.1, -0.05) is 165 Å². The molecule has 0 aliphatic carbocycles. The van der Waals surface area contributed by atoms with Crippen LogP contribution in [-0.4, -0.2) is 5.91 Å². The van der Waals surface area contributed by atoms with Gasteiger partial charge in [-0.15, -0.1) is 48.6 Å². The summed E-state index contributed by atoms with van der Waals surface area (Å²) in [5.41, 5.74) is 5.41. The normalized spacial score (nSPS) is 10.5. The predicted molar refractivity (Wildman–Crippen MR) is 236 cm³/mol. The zero-order chi connectivity index (χ0) is 37.6. The molecule has 0 aliphatic heterocycles. The van der Waals surface area contributed by atoms with Gasteiger partial charge < -0.3 is 10.6 Å². The van der Waals surface area contributed by atoms with Crippen LogP contribution < -0.4 is 10.6 Å². The van der Waals surface area contributed by atoms with Crippen molar-refractivity contribution in [1.29, 1.82) is 0 Å². The summed E-state index contributed by atoms with van der Waals surface area (Å²) in [6, 6.07) is 76.3. The summed E-state index contributed by atoms with van der Waals surface area (Å²) in [6.45, 7) is 11.8. The maximum Gasteiger partial charge on any atom is 0 e. The van der Waals surface area contributed by atoms with E-state index in [4.69, 9.17) is 10.6 Å². The molecular formula is C51H46HfN2P-5. The monoisotopic (exact) mass is 897 g/mol. The van der Waals surface area contributed by atoms with Gasteiger partial charge in [0.25, 0.3) is 0 Å². The molecule has 0 saturated heterocycles. The molecule has 8 aromatic carbocycles. The van der Waals surface area contributed by atoms with Gasteiger partial charge in [0.2, 0.25) is 0 Å². The van der Waals surface area contributed by atoms with Crippen LogP contribution in [-0.2, 0) is 32.4 Å². The van der Waals surface area contributed by atoms with E-state index in [2.05, 4.69) is 148 Å². The number of rotatable bonds is 8. The summed E-state index contributed by atoms with van der Waals surface area (Å²) >= 11 is 0. The van der Waals surface area contributed by atoms with Crippen LogP contribution >= 0.6 is 7.92 Å². The third-order valence-corrected chi connectivity index (χ3v) is 10.6. The van der Waals surface area contributed by atoms with E-state index in [1.807, 2.05) is 97.1 Å². The van der Waals surface area contributed by atoms with Gasteiger partial charge in [-0.3, -0.25) is 0 Å². The predicted octanol–water partition coefficient (Wildman–Crippen LogP) is 13.4. The van der Waals surface area contributed by atoms with Gasteiger partial charge in [-0.25, -0.2) is 0 Å². The van der Waals surface area contributed by atoms with E-state index >= 15 is 0 Å². The number of fused-ring (bicyclic) bond motifs is 1. The van der Waals surface area contributed by atoms with Gasteiger partial charge >= 0.3 is 0 Å². The summed E-state index contributed by atoms with van der Waals surface area (Å²) in [6.07, 6.45) is 0. The minimum absolute atomic E-state index is 0. The van der Waals surface area contributed by atoms with Crippen molar-refractivity contribution in [2.75, 3.05) is 0 Å². The van der Waals surface area contributed by atoms with Gasteiger partial charge in [0, 0.05) is 25.8 Å². The van der Waals surface area contributed by atoms with E-state index in [0.717, 1.165) is 27.8 Å². The molecule has 274 valence electrons. The first-order valence-electron chi connectivity index (χ1n) is 18.0. The molecule has 1 unspecified atom stereocenters. The molecule has 8 rings (SSSR count). The summed E-state index contributed by atoms with van der Waals surface area (Å²) in [4.78, 5) is 0. The van der Waals surface area contributed by atoms with Gasteiger partial charge in [0.15, 0.2) is 0 Å². The van der Waals surface area contributed by atoms with Crippen LogP contribution in [0.25, 0.3) is 21.4 Å². The Morgan fingerprint density at radius 3 is 1.18 bits per heavy atom. The van der Waals surface area contributed by atoms with Crippen molar-refractivity contribution in [2.45, 2.75) is 12.5 Å². The fourth-order valence-corrected chi connectivity index (χ4v) is 7.73. The molecular weight excluding hydrogens is 850 g/mol. The first kappa shape index (κ1) is 42.4. The molecule has 0 fully saturated rings. The van der Waals surface area contributed by atoms with E-state index in [1.54, 1.807) is 0 Å². The van der Waals surface area contributed by atoms with E-state index in [9.17, 15) is 0 Å². The number of benzene rings is 8.